The van der Waals surface area contributed by atoms with Gasteiger partial charge in [0.25, 0.3) is 11.5 Å². The molecular weight excluding hydrogens is 302 g/mol. The van der Waals surface area contributed by atoms with Crippen molar-refractivity contribution >= 4 is 11.9 Å². The van der Waals surface area contributed by atoms with Gasteiger partial charge in [0, 0.05) is 12.1 Å². The average molecular weight is 323 g/mol. The van der Waals surface area contributed by atoms with Crippen LogP contribution >= 0.6 is 0 Å². The van der Waals surface area contributed by atoms with E-state index in [0.29, 0.717) is 11.8 Å². The molecule has 0 bridgehead atoms. The van der Waals surface area contributed by atoms with E-state index >= 15 is 0 Å². The van der Waals surface area contributed by atoms with Gasteiger partial charge in [0.2, 0.25) is 0 Å². The van der Waals surface area contributed by atoms with E-state index in [2.05, 4.69) is 24.1 Å². The van der Waals surface area contributed by atoms with E-state index in [1.165, 1.54) is 0 Å². The lowest BCUT2D eigenvalue weighted by Gasteiger charge is -2.34. The Balaban J connectivity index is 1.87. The van der Waals surface area contributed by atoms with Crippen LogP contribution in [-0.2, 0) is 9.53 Å². The fourth-order valence-corrected chi connectivity index (χ4v) is 2.82. The van der Waals surface area contributed by atoms with Crippen LogP contribution in [0.5, 0.6) is 0 Å². The Morgan fingerprint density at radius 1 is 1.26 bits per heavy atom. The molecule has 2 rings (SSSR count). The highest BCUT2D eigenvalue weighted by Crippen LogP contribution is 2.29. The van der Waals surface area contributed by atoms with Gasteiger partial charge in [0.15, 0.2) is 6.61 Å². The molecule has 3 atom stereocenters. The summed E-state index contributed by atoms with van der Waals surface area (Å²) in [6.07, 6.45) is 3.12. The van der Waals surface area contributed by atoms with Gasteiger partial charge in [-0.25, -0.2) is 9.59 Å². The van der Waals surface area contributed by atoms with E-state index in [1.807, 2.05) is 4.98 Å². The molecule has 23 heavy (non-hydrogen) atoms. The van der Waals surface area contributed by atoms with Gasteiger partial charge < -0.3 is 15.0 Å². The maximum Gasteiger partial charge on any atom is 0.355 e. The van der Waals surface area contributed by atoms with Gasteiger partial charge >= 0.3 is 11.7 Å². The zero-order valence-corrected chi connectivity index (χ0v) is 13.2. The van der Waals surface area contributed by atoms with Crippen LogP contribution in [0.1, 0.15) is 43.6 Å². The monoisotopic (exact) mass is 323 g/mol. The SMILES string of the molecule is C[C@H]1[C@H](C)CCC[C@@H]1NC(=O)COC(=O)c1cc(=O)[nH]c(=O)[nH]1. The third-order valence-electron chi connectivity index (χ3n) is 4.37. The minimum atomic E-state index is -0.923. The van der Waals surface area contributed by atoms with Crippen molar-refractivity contribution in [3.63, 3.8) is 0 Å². The van der Waals surface area contributed by atoms with Gasteiger partial charge in [-0.1, -0.05) is 26.7 Å². The van der Waals surface area contributed by atoms with Crippen LogP contribution in [0.15, 0.2) is 15.7 Å². The van der Waals surface area contributed by atoms with E-state index in [9.17, 15) is 19.2 Å². The third kappa shape index (κ3) is 4.54. The minimum Gasteiger partial charge on any atom is -0.451 e. The fraction of sp³-hybridized carbons (Fsp3) is 0.600. The van der Waals surface area contributed by atoms with Crippen LogP contribution in [-0.4, -0.2) is 34.5 Å². The van der Waals surface area contributed by atoms with Gasteiger partial charge in [-0.15, -0.1) is 0 Å². The average Bonchev–Trinajstić information content (AvgIpc) is 2.48. The Kier molecular flexibility index (Phi) is 5.36. The number of H-pyrrole nitrogens is 2. The van der Waals surface area contributed by atoms with Gasteiger partial charge in [0.05, 0.1) is 0 Å². The number of amides is 1. The molecule has 1 aromatic rings. The summed E-state index contributed by atoms with van der Waals surface area (Å²) in [5, 5.41) is 2.87. The summed E-state index contributed by atoms with van der Waals surface area (Å²) in [4.78, 5) is 49.9. The Morgan fingerprint density at radius 2 is 2.00 bits per heavy atom. The van der Waals surface area contributed by atoms with Crippen molar-refractivity contribution in [1.29, 1.82) is 0 Å². The molecule has 1 aliphatic carbocycles. The number of ether oxygens (including phenoxy) is 1. The first kappa shape index (κ1) is 17.0. The molecule has 0 spiro atoms. The van der Waals surface area contributed by atoms with E-state index < -0.39 is 29.7 Å². The Morgan fingerprint density at radius 3 is 2.70 bits per heavy atom. The van der Waals surface area contributed by atoms with E-state index in [0.717, 1.165) is 25.3 Å². The van der Waals surface area contributed by atoms with Gasteiger partial charge in [-0.3, -0.25) is 14.6 Å². The molecule has 3 N–H and O–H groups in total. The van der Waals surface area contributed by atoms with E-state index in [1.54, 1.807) is 0 Å². The molecule has 1 heterocycles. The molecule has 1 saturated carbocycles. The largest absolute Gasteiger partial charge is 0.451 e. The number of aromatic amines is 2. The minimum absolute atomic E-state index is 0.0735. The molecule has 0 unspecified atom stereocenters. The molecule has 8 heteroatoms. The van der Waals surface area contributed by atoms with Gasteiger partial charge in [-0.2, -0.15) is 0 Å². The first-order chi connectivity index (χ1) is 10.9. The second-order valence-electron chi connectivity index (χ2n) is 6.02. The molecule has 8 nitrogen and oxygen atoms in total. The fourth-order valence-electron chi connectivity index (χ4n) is 2.82. The Bertz CT molecular complexity index is 665. The zero-order valence-electron chi connectivity index (χ0n) is 13.2. The molecule has 126 valence electrons. The number of rotatable bonds is 4. The smallest absolute Gasteiger partial charge is 0.355 e. The molecule has 1 aliphatic rings. The number of hydrogen-bond acceptors (Lipinski definition) is 5. The van der Waals surface area contributed by atoms with Crippen LogP contribution in [0.25, 0.3) is 0 Å². The first-order valence-corrected chi connectivity index (χ1v) is 7.67. The molecule has 0 aliphatic heterocycles. The highest BCUT2D eigenvalue weighted by atomic mass is 16.5. The lowest BCUT2D eigenvalue weighted by atomic mass is 9.78. The van der Waals surface area contributed by atoms with Crippen molar-refractivity contribution in [3.05, 3.63) is 32.6 Å². The van der Waals surface area contributed by atoms with E-state index in [4.69, 9.17) is 4.74 Å². The maximum atomic E-state index is 11.9. The standard InChI is InChI=1S/C15H21N3O5/c1-8-4-3-5-10(9(8)2)16-13(20)7-23-14(21)11-6-12(19)18-15(22)17-11/h6,8-10H,3-5,7H2,1-2H3,(H,16,20)(H2,17,18,19,22)/t8-,9+,10+/m1/s1. The summed E-state index contributed by atoms with van der Waals surface area (Å²) in [6, 6.07) is 0.983. The third-order valence-corrected chi connectivity index (χ3v) is 4.37. The lowest BCUT2D eigenvalue weighted by molar-refractivity contribution is -0.125. The second kappa shape index (κ2) is 7.26. The van der Waals surface area contributed by atoms with Crippen molar-refractivity contribution in [1.82, 2.24) is 15.3 Å². The van der Waals surface area contributed by atoms with Crippen LogP contribution in [0.3, 0.4) is 0 Å². The quantitative estimate of drug-likeness (QED) is 0.682. The molecule has 0 radical (unpaired) electrons. The number of carbonyl (C=O) groups is 2. The number of aromatic nitrogens is 2. The topological polar surface area (TPSA) is 121 Å². The predicted molar refractivity (Wildman–Crippen MR) is 82.1 cm³/mol. The van der Waals surface area contributed by atoms with Crippen LogP contribution in [0, 0.1) is 11.8 Å². The molecule has 0 saturated heterocycles. The highest BCUT2D eigenvalue weighted by Gasteiger charge is 2.28. The lowest BCUT2D eigenvalue weighted by Crippen LogP contribution is -2.45. The van der Waals surface area contributed by atoms with Crippen molar-refractivity contribution < 1.29 is 14.3 Å². The van der Waals surface area contributed by atoms with Crippen molar-refractivity contribution in [2.45, 2.75) is 39.2 Å². The number of nitrogens with one attached hydrogen (secondary N) is 3. The molecule has 1 amide bonds. The Hall–Kier alpha value is -2.38. The highest BCUT2D eigenvalue weighted by molar-refractivity contribution is 5.89. The summed E-state index contributed by atoms with van der Waals surface area (Å²) < 4.78 is 4.83. The maximum absolute atomic E-state index is 11.9. The van der Waals surface area contributed by atoms with Crippen molar-refractivity contribution in [2.24, 2.45) is 11.8 Å². The van der Waals surface area contributed by atoms with Crippen molar-refractivity contribution in [3.8, 4) is 0 Å². The summed E-state index contributed by atoms with van der Waals surface area (Å²) in [7, 11) is 0. The zero-order chi connectivity index (χ0) is 17.0. The Labute approximate surface area is 132 Å². The second-order valence-corrected chi connectivity index (χ2v) is 6.02. The summed E-state index contributed by atoms with van der Waals surface area (Å²) in [5.74, 6) is -0.407. The number of esters is 1. The number of hydrogen-bond donors (Lipinski definition) is 3. The molecular formula is C15H21N3O5. The molecule has 1 fully saturated rings. The molecule has 0 aromatic carbocycles. The van der Waals surface area contributed by atoms with Crippen LogP contribution in [0.4, 0.5) is 0 Å². The van der Waals surface area contributed by atoms with Crippen LogP contribution < -0.4 is 16.6 Å². The predicted octanol–water partition coefficient (Wildman–Crippen LogP) is 0.161. The summed E-state index contributed by atoms with van der Waals surface area (Å²) in [5.41, 5.74) is -1.81. The van der Waals surface area contributed by atoms with Gasteiger partial charge in [-0.05, 0) is 18.3 Å². The number of carbonyl (C=O) groups excluding carboxylic acids is 2. The van der Waals surface area contributed by atoms with E-state index in [-0.39, 0.29) is 11.7 Å². The summed E-state index contributed by atoms with van der Waals surface area (Å²) in [6.45, 7) is 3.80. The first-order valence-electron chi connectivity index (χ1n) is 7.67. The van der Waals surface area contributed by atoms with Crippen molar-refractivity contribution in [2.75, 3.05) is 6.61 Å². The molecule has 1 aromatic heterocycles. The normalized spacial score (nSPS) is 24.0. The van der Waals surface area contributed by atoms with Crippen LogP contribution in [0.2, 0.25) is 0 Å². The summed E-state index contributed by atoms with van der Waals surface area (Å²) >= 11 is 0. The van der Waals surface area contributed by atoms with Gasteiger partial charge in [0.1, 0.15) is 5.69 Å².